The molecule has 0 bridgehead atoms. The lowest BCUT2D eigenvalue weighted by atomic mass is 10.3. The molecule has 1 aliphatic carbocycles. The molecule has 4 nitrogen and oxygen atoms in total. The standard InChI is InChI=1S/C10H11F3N2O2S/c1-2-17-8(16)6-7(10(11,12)13)15-9(18-6)14-5-3-4-5/h5H,2-4H2,1H3,(H,14,15). The lowest BCUT2D eigenvalue weighted by Gasteiger charge is -2.04. The first kappa shape index (κ1) is 13.1. The maximum Gasteiger partial charge on any atom is 0.435 e. The van der Waals surface area contributed by atoms with Crippen molar-refractivity contribution in [3.05, 3.63) is 10.6 Å². The van der Waals surface area contributed by atoms with Gasteiger partial charge in [0.15, 0.2) is 10.8 Å². The third kappa shape index (κ3) is 2.92. The molecule has 1 N–H and O–H groups in total. The van der Waals surface area contributed by atoms with Crippen LogP contribution in [0.3, 0.4) is 0 Å². The molecule has 1 fully saturated rings. The van der Waals surface area contributed by atoms with E-state index in [2.05, 4.69) is 15.0 Å². The van der Waals surface area contributed by atoms with Crippen LogP contribution in [-0.4, -0.2) is 23.6 Å². The Bertz CT molecular complexity index is 454. The van der Waals surface area contributed by atoms with Crippen LogP contribution in [0.5, 0.6) is 0 Å². The number of hydrogen-bond donors (Lipinski definition) is 1. The van der Waals surface area contributed by atoms with Crippen LogP contribution in [0.15, 0.2) is 0 Å². The molecule has 0 unspecified atom stereocenters. The van der Waals surface area contributed by atoms with Crippen molar-refractivity contribution in [3.8, 4) is 0 Å². The number of halogens is 3. The van der Waals surface area contributed by atoms with E-state index in [1.807, 2.05) is 0 Å². The molecule has 0 aromatic carbocycles. The highest BCUT2D eigenvalue weighted by atomic mass is 32.1. The first-order chi connectivity index (χ1) is 8.41. The van der Waals surface area contributed by atoms with Gasteiger partial charge in [-0.25, -0.2) is 9.78 Å². The second kappa shape index (κ2) is 4.75. The highest BCUT2D eigenvalue weighted by Gasteiger charge is 2.40. The second-order valence-corrected chi connectivity index (χ2v) is 4.83. The van der Waals surface area contributed by atoms with Gasteiger partial charge in [-0.05, 0) is 19.8 Å². The van der Waals surface area contributed by atoms with E-state index in [0.29, 0.717) is 11.3 Å². The van der Waals surface area contributed by atoms with Gasteiger partial charge >= 0.3 is 12.1 Å². The Morgan fingerprint density at radius 1 is 1.56 bits per heavy atom. The lowest BCUT2D eigenvalue weighted by molar-refractivity contribution is -0.141. The minimum atomic E-state index is -4.65. The normalized spacial score (nSPS) is 15.6. The van der Waals surface area contributed by atoms with Crippen LogP contribution in [0.1, 0.15) is 35.1 Å². The summed E-state index contributed by atoms with van der Waals surface area (Å²) in [5, 5.41) is 2.96. The summed E-state index contributed by atoms with van der Waals surface area (Å²) in [5.74, 6) is -0.980. The van der Waals surface area contributed by atoms with Crippen molar-refractivity contribution in [2.45, 2.75) is 32.0 Å². The SMILES string of the molecule is CCOC(=O)c1sc(NC2CC2)nc1C(F)(F)F. The van der Waals surface area contributed by atoms with Gasteiger partial charge < -0.3 is 10.1 Å². The van der Waals surface area contributed by atoms with E-state index >= 15 is 0 Å². The molecule has 0 aliphatic heterocycles. The predicted molar refractivity (Wildman–Crippen MR) is 59.7 cm³/mol. The molecule has 1 heterocycles. The number of alkyl halides is 3. The van der Waals surface area contributed by atoms with Crippen molar-refractivity contribution >= 4 is 22.4 Å². The molecule has 18 heavy (non-hydrogen) atoms. The number of carbonyl (C=O) groups is 1. The van der Waals surface area contributed by atoms with Crippen molar-refractivity contribution in [3.63, 3.8) is 0 Å². The monoisotopic (exact) mass is 280 g/mol. The number of anilines is 1. The fourth-order valence-electron chi connectivity index (χ4n) is 1.31. The van der Waals surface area contributed by atoms with E-state index in [4.69, 9.17) is 0 Å². The summed E-state index contributed by atoms with van der Waals surface area (Å²) < 4.78 is 42.8. The van der Waals surface area contributed by atoms with Gasteiger partial charge in [0.25, 0.3) is 0 Å². The Morgan fingerprint density at radius 2 is 2.22 bits per heavy atom. The molecular formula is C10H11F3N2O2S. The Balaban J connectivity index is 2.28. The van der Waals surface area contributed by atoms with Gasteiger partial charge in [-0.15, -0.1) is 0 Å². The molecule has 0 spiro atoms. The summed E-state index contributed by atoms with van der Waals surface area (Å²) >= 11 is 0.686. The highest BCUT2D eigenvalue weighted by Crippen LogP contribution is 2.37. The maximum absolute atomic E-state index is 12.7. The zero-order valence-electron chi connectivity index (χ0n) is 9.50. The van der Waals surface area contributed by atoms with Gasteiger partial charge in [0, 0.05) is 6.04 Å². The van der Waals surface area contributed by atoms with Crippen LogP contribution >= 0.6 is 11.3 Å². The number of thiazole rings is 1. The van der Waals surface area contributed by atoms with Crippen molar-refractivity contribution in [1.29, 1.82) is 0 Å². The van der Waals surface area contributed by atoms with Gasteiger partial charge in [-0.3, -0.25) is 0 Å². The van der Waals surface area contributed by atoms with Crippen LogP contribution in [0.25, 0.3) is 0 Å². The largest absolute Gasteiger partial charge is 0.462 e. The maximum atomic E-state index is 12.7. The average molecular weight is 280 g/mol. The molecule has 0 amide bonds. The third-order valence-electron chi connectivity index (χ3n) is 2.26. The van der Waals surface area contributed by atoms with Gasteiger partial charge in [0.2, 0.25) is 0 Å². The van der Waals surface area contributed by atoms with E-state index < -0.39 is 22.7 Å². The van der Waals surface area contributed by atoms with E-state index in [1.54, 1.807) is 0 Å². The number of esters is 1. The van der Waals surface area contributed by atoms with Crippen LogP contribution in [0.2, 0.25) is 0 Å². The van der Waals surface area contributed by atoms with Crippen molar-refractivity contribution < 1.29 is 22.7 Å². The summed E-state index contributed by atoms with van der Waals surface area (Å²) in [6.45, 7) is 1.56. The molecule has 8 heteroatoms. The molecule has 1 saturated carbocycles. The third-order valence-corrected chi connectivity index (χ3v) is 3.23. The highest BCUT2D eigenvalue weighted by molar-refractivity contribution is 7.17. The second-order valence-electron chi connectivity index (χ2n) is 3.83. The van der Waals surface area contributed by atoms with E-state index in [-0.39, 0.29) is 17.8 Å². The van der Waals surface area contributed by atoms with Gasteiger partial charge in [0.1, 0.15) is 4.88 Å². The fraction of sp³-hybridized carbons (Fsp3) is 0.600. The number of nitrogens with zero attached hydrogens (tertiary/aromatic N) is 1. The molecule has 0 atom stereocenters. The van der Waals surface area contributed by atoms with Crippen molar-refractivity contribution in [1.82, 2.24) is 4.98 Å². The molecule has 0 radical (unpaired) electrons. The predicted octanol–water partition coefficient (Wildman–Crippen LogP) is 2.91. The van der Waals surface area contributed by atoms with Crippen LogP contribution < -0.4 is 5.32 Å². The smallest absolute Gasteiger partial charge is 0.435 e. The summed E-state index contributed by atoms with van der Waals surface area (Å²) in [4.78, 5) is 14.4. The first-order valence-corrected chi connectivity index (χ1v) is 6.25. The summed E-state index contributed by atoms with van der Waals surface area (Å²) in [6, 6.07) is 0.173. The summed E-state index contributed by atoms with van der Waals surface area (Å²) in [5.41, 5.74) is -1.17. The number of carbonyl (C=O) groups excluding carboxylic acids is 1. The lowest BCUT2D eigenvalue weighted by Crippen LogP contribution is -2.13. The number of rotatable bonds is 4. The first-order valence-electron chi connectivity index (χ1n) is 5.43. The van der Waals surface area contributed by atoms with E-state index in [1.165, 1.54) is 6.92 Å². The average Bonchev–Trinajstić information content (AvgIpc) is 2.93. The van der Waals surface area contributed by atoms with Gasteiger partial charge in [-0.2, -0.15) is 13.2 Å². The summed E-state index contributed by atoms with van der Waals surface area (Å²) in [7, 11) is 0. The Hall–Kier alpha value is -1.31. The molecule has 0 saturated heterocycles. The Labute approximate surface area is 105 Å². The number of nitrogens with one attached hydrogen (secondary N) is 1. The minimum absolute atomic E-state index is 0.0272. The summed E-state index contributed by atoms with van der Waals surface area (Å²) in [6.07, 6.45) is -2.83. The van der Waals surface area contributed by atoms with Crippen molar-refractivity contribution in [2.75, 3.05) is 11.9 Å². The molecule has 1 aromatic heterocycles. The molecule has 2 rings (SSSR count). The topological polar surface area (TPSA) is 51.2 Å². The molecule has 1 aliphatic rings. The Kier molecular flexibility index (Phi) is 3.47. The van der Waals surface area contributed by atoms with E-state index in [9.17, 15) is 18.0 Å². The molecular weight excluding hydrogens is 269 g/mol. The van der Waals surface area contributed by atoms with Crippen LogP contribution in [-0.2, 0) is 10.9 Å². The van der Waals surface area contributed by atoms with Crippen LogP contribution in [0, 0.1) is 0 Å². The number of hydrogen-bond acceptors (Lipinski definition) is 5. The Morgan fingerprint density at radius 3 is 2.72 bits per heavy atom. The zero-order valence-corrected chi connectivity index (χ0v) is 10.3. The van der Waals surface area contributed by atoms with Crippen LogP contribution in [0.4, 0.5) is 18.3 Å². The van der Waals surface area contributed by atoms with Crippen molar-refractivity contribution in [2.24, 2.45) is 0 Å². The molecule has 100 valence electrons. The minimum Gasteiger partial charge on any atom is -0.462 e. The van der Waals surface area contributed by atoms with Gasteiger partial charge in [-0.1, -0.05) is 11.3 Å². The zero-order chi connectivity index (χ0) is 13.3. The fourth-order valence-corrected chi connectivity index (χ4v) is 2.27. The van der Waals surface area contributed by atoms with Gasteiger partial charge in [0.05, 0.1) is 6.61 Å². The number of ether oxygens (including phenoxy) is 1. The quantitative estimate of drug-likeness (QED) is 0.862. The molecule has 1 aromatic rings. The van der Waals surface area contributed by atoms with E-state index in [0.717, 1.165) is 12.8 Å². The number of aromatic nitrogens is 1.